The smallest absolute Gasteiger partial charge is 0.288 e. The Labute approximate surface area is 126 Å². The van der Waals surface area contributed by atoms with Crippen LogP contribution in [0.2, 0.25) is 0 Å². The van der Waals surface area contributed by atoms with Gasteiger partial charge in [0.05, 0.1) is 17.8 Å². The van der Waals surface area contributed by atoms with Crippen molar-refractivity contribution in [3.8, 4) is 0 Å². The van der Waals surface area contributed by atoms with E-state index < -0.39 is 12.7 Å². The van der Waals surface area contributed by atoms with Crippen molar-refractivity contribution in [2.75, 3.05) is 19.0 Å². The number of aromatic nitrogens is 2. The number of nitrogens with zero attached hydrogens (tertiary/aromatic N) is 3. The average molecular weight is 320 g/mol. The van der Waals surface area contributed by atoms with E-state index >= 15 is 0 Å². The molecular weight excluding hydrogens is 303 g/mol. The molecular formula is C14H17ClF3N3. The lowest BCUT2D eigenvalue weighted by Crippen LogP contribution is -2.35. The summed E-state index contributed by atoms with van der Waals surface area (Å²) in [5, 5.41) is 5.31. The fourth-order valence-corrected chi connectivity index (χ4v) is 2.59. The lowest BCUT2D eigenvalue weighted by atomic mass is 10.2. The normalized spacial score (nSPS) is 12.5. The minimum Gasteiger partial charge on any atom is -0.288 e. The van der Waals surface area contributed by atoms with E-state index in [0.717, 1.165) is 10.9 Å². The third-order valence-electron chi connectivity index (χ3n) is 3.21. The monoisotopic (exact) mass is 319 g/mol. The average Bonchev–Trinajstić information content (AvgIpc) is 2.76. The molecule has 0 saturated heterocycles. The third-order valence-corrected chi connectivity index (χ3v) is 3.38. The van der Waals surface area contributed by atoms with Gasteiger partial charge in [-0.15, -0.1) is 11.6 Å². The Kier molecular flexibility index (Phi) is 5.11. The number of hydrogen-bond donors (Lipinski definition) is 0. The number of fused-ring (bicyclic) bond motifs is 1. The highest BCUT2D eigenvalue weighted by Gasteiger charge is 2.31. The quantitative estimate of drug-likeness (QED) is 0.758. The summed E-state index contributed by atoms with van der Waals surface area (Å²) in [6.07, 6.45) is -4.24. The van der Waals surface area contributed by atoms with Gasteiger partial charge in [-0.1, -0.05) is 18.2 Å². The maximum absolute atomic E-state index is 12.6. The Morgan fingerprint density at radius 1 is 1.29 bits per heavy atom. The highest BCUT2D eigenvalue weighted by Crippen LogP contribution is 2.22. The molecule has 0 aliphatic rings. The van der Waals surface area contributed by atoms with E-state index in [2.05, 4.69) is 5.10 Å². The van der Waals surface area contributed by atoms with E-state index in [1.54, 1.807) is 4.68 Å². The van der Waals surface area contributed by atoms with Crippen molar-refractivity contribution in [2.45, 2.75) is 26.2 Å². The van der Waals surface area contributed by atoms with Crippen LogP contribution < -0.4 is 0 Å². The molecule has 0 spiro atoms. The molecule has 0 N–H and O–H groups in total. The van der Waals surface area contributed by atoms with Crippen LogP contribution in [0.5, 0.6) is 0 Å². The predicted octanol–water partition coefficient (Wildman–Crippen LogP) is 3.66. The fourth-order valence-electron chi connectivity index (χ4n) is 2.35. The van der Waals surface area contributed by atoms with Crippen LogP contribution >= 0.6 is 11.6 Å². The molecule has 0 unspecified atom stereocenters. The van der Waals surface area contributed by atoms with Crippen molar-refractivity contribution in [3.05, 3.63) is 30.0 Å². The van der Waals surface area contributed by atoms with Crippen molar-refractivity contribution in [1.82, 2.24) is 14.7 Å². The van der Waals surface area contributed by atoms with Crippen molar-refractivity contribution >= 4 is 22.5 Å². The molecule has 116 valence electrons. The zero-order valence-electron chi connectivity index (χ0n) is 11.7. The van der Waals surface area contributed by atoms with E-state index in [-0.39, 0.29) is 19.0 Å². The predicted molar refractivity (Wildman–Crippen MR) is 77.5 cm³/mol. The summed E-state index contributed by atoms with van der Waals surface area (Å²) in [5.74, 6) is 0.155. The minimum absolute atomic E-state index is 0.139. The van der Waals surface area contributed by atoms with Gasteiger partial charge in [0.15, 0.2) is 0 Å². The first-order chi connectivity index (χ1) is 9.94. The minimum atomic E-state index is -4.24. The molecule has 7 heteroatoms. The third kappa shape index (κ3) is 4.11. The molecule has 0 amide bonds. The van der Waals surface area contributed by atoms with Crippen molar-refractivity contribution in [1.29, 1.82) is 0 Å². The Balaban J connectivity index is 2.28. The summed E-state index contributed by atoms with van der Waals surface area (Å²) >= 11 is 5.61. The maximum atomic E-state index is 12.6. The molecule has 0 atom stereocenters. The molecule has 0 aliphatic heterocycles. The Bertz CT molecular complexity index is 595. The second-order valence-electron chi connectivity index (χ2n) is 4.79. The van der Waals surface area contributed by atoms with Gasteiger partial charge >= 0.3 is 6.18 Å². The van der Waals surface area contributed by atoms with Gasteiger partial charge in [0.2, 0.25) is 0 Å². The molecule has 1 heterocycles. The summed E-state index contributed by atoms with van der Waals surface area (Å²) in [6, 6.07) is 7.57. The summed E-state index contributed by atoms with van der Waals surface area (Å²) in [6.45, 7) is 1.96. The van der Waals surface area contributed by atoms with Gasteiger partial charge in [-0.25, -0.2) is 0 Å². The highest BCUT2D eigenvalue weighted by molar-refractivity contribution is 6.18. The van der Waals surface area contributed by atoms with Gasteiger partial charge in [-0.2, -0.15) is 18.3 Å². The second kappa shape index (κ2) is 6.66. The van der Waals surface area contributed by atoms with E-state index in [1.807, 2.05) is 31.2 Å². The number of para-hydroxylation sites is 1. The molecule has 1 aromatic heterocycles. The molecule has 0 saturated carbocycles. The maximum Gasteiger partial charge on any atom is 0.401 e. The second-order valence-corrected chi connectivity index (χ2v) is 5.17. The Hall–Kier alpha value is -1.27. The van der Waals surface area contributed by atoms with Crippen molar-refractivity contribution in [2.24, 2.45) is 0 Å². The highest BCUT2D eigenvalue weighted by atomic mass is 35.5. The number of benzene rings is 1. The van der Waals surface area contributed by atoms with Gasteiger partial charge in [0.1, 0.15) is 0 Å². The zero-order chi connectivity index (χ0) is 15.5. The number of halogens is 4. The van der Waals surface area contributed by atoms with E-state index in [0.29, 0.717) is 12.2 Å². The fraction of sp³-hybridized carbons (Fsp3) is 0.500. The molecule has 2 rings (SSSR count). The zero-order valence-corrected chi connectivity index (χ0v) is 12.5. The van der Waals surface area contributed by atoms with Gasteiger partial charge in [-0.3, -0.25) is 9.58 Å². The Morgan fingerprint density at radius 3 is 2.62 bits per heavy atom. The van der Waals surface area contributed by atoms with Crippen LogP contribution in [0.3, 0.4) is 0 Å². The molecule has 0 aliphatic carbocycles. The number of aryl methyl sites for hydroxylation is 1. The van der Waals surface area contributed by atoms with Crippen LogP contribution in [0.25, 0.3) is 10.9 Å². The van der Waals surface area contributed by atoms with E-state index in [4.69, 9.17) is 11.6 Å². The largest absolute Gasteiger partial charge is 0.401 e. The number of rotatable bonds is 6. The topological polar surface area (TPSA) is 21.1 Å². The lowest BCUT2D eigenvalue weighted by molar-refractivity contribution is -0.146. The van der Waals surface area contributed by atoms with Crippen LogP contribution in [0.15, 0.2) is 24.3 Å². The molecule has 0 bridgehead atoms. The number of alkyl halides is 4. The van der Waals surface area contributed by atoms with Crippen LogP contribution in [-0.2, 0) is 13.1 Å². The lowest BCUT2D eigenvalue weighted by Gasteiger charge is -2.21. The SMILES string of the molecule is CCn1nc(CN(CCCl)CC(F)(F)F)c2ccccc21. The summed E-state index contributed by atoms with van der Waals surface area (Å²) in [5.41, 5.74) is 1.59. The Morgan fingerprint density at radius 2 is 2.00 bits per heavy atom. The summed E-state index contributed by atoms with van der Waals surface area (Å²) < 4.78 is 39.6. The molecule has 1 aromatic carbocycles. The summed E-state index contributed by atoms with van der Waals surface area (Å²) in [4.78, 5) is 1.28. The van der Waals surface area contributed by atoms with Crippen molar-refractivity contribution < 1.29 is 13.2 Å². The molecule has 0 radical (unpaired) electrons. The van der Waals surface area contributed by atoms with Crippen LogP contribution in [0.4, 0.5) is 13.2 Å². The van der Waals surface area contributed by atoms with Gasteiger partial charge in [0.25, 0.3) is 0 Å². The standard InChI is InChI=1S/C14H17ClF3N3/c1-2-21-13-6-4-3-5-11(13)12(19-21)9-20(8-7-15)10-14(16,17)18/h3-6H,2,7-10H2,1H3. The van der Waals surface area contributed by atoms with Gasteiger partial charge in [-0.05, 0) is 13.0 Å². The van der Waals surface area contributed by atoms with Gasteiger partial charge < -0.3 is 0 Å². The molecule has 3 nitrogen and oxygen atoms in total. The molecule has 21 heavy (non-hydrogen) atoms. The first-order valence-electron chi connectivity index (χ1n) is 6.74. The summed E-state index contributed by atoms with van der Waals surface area (Å²) in [7, 11) is 0. The first-order valence-corrected chi connectivity index (χ1v) is 7.27. The van der Waals surface area contributed by atoms with Crippen LogP contribution in [-0.4, -0.2) is 39.8 Å². The van der Waals surface area contributed by atoms with E-state index in [1.165, 1.54) is 4.90 Å². The van der Waals surface area contributed by atoms with Crippen LogP contribution in [0, 0.1) is 0 Å². The van der Waals surface area contributed by atoms with Crippen LogP contribution in [0.1, 0.15) is 12.6 Å². The molecule has 2 aromatic rings. The number of hydrogen-bond acceptors (Lipinski definition) is 2. The molecule has 0 fully saturated rings. The van der Waals surface area contributed by atoms with Gasteiger partial charge in [0, 0.05) is 30.9 Å². The first kappa shape index (κ1) is 16.1. The van der Waals surface area contributed by atoms with E-state index in [9.17, 15) is 13.2 Å². The van der Waals surface area contributed by atoms with Crippen molar-refractivity contribution in [3.63, 3.8) is 0 Å².